The Bertz CT molecular complexity index is 578. The molecule has 1 unspecified atom stereocenters. The van der Waals surface area contributed by atoms with E-state index in [0.717, 1.165) is 38.0 Å². The van der Waals surface area contributed by atoms with Crippen molar-refractivity contribution in [3.63, 3.8) is 0 Å². The molecule has 5 nitrogen and oxygen atoms in total. The third kappa shape index (κ3) is 4.67. The van der Waals surface area contributed by atoms with E-state index < -0.39 is 5.41 Å². The third-order valence-corrected chi connectivity index (χ3v) is 5.44. The molecule has 0 aliphatic carbocycles. The molecule has 1 fully saturated rings. The fourth-order valence-electron chi connectivity index (χ4n) is 3.61. The summed E-state index contributed by atoms with van der Waals surface area (Å²) in [6, 6.07) is 9.90. The quantitative estimate of drug-likeness (QED) is 0.817. The van der Waals surface area contributed by atoms with E-state index in [2.05, 4.69) is 22.3 Å². The molecule has 1 aromatic carbocycles. The highest BCUT2D eigenvalue weighted by molar-refractivity contribution is 5.88. The molecular weight excluding hydrogens is 314 g/mol. The maximum Gasteiger partial charge on any atom is 0.237 e. The number of Topliss-reactive ketones (excluding diaryl/α,β-unsaturated/α-hetero) is 1. The first-order valence-electron chi connectivity index (χ1n) is 9.10. The van der Waals surface area contributed by atoms with Gasteiger partial charge in [0.2, 0.25) is 5.91 Å². The van der Waals surface area contributed by atoms with Crippen molar-refractivity contribution in [3.8, 4) is 0 Å². The lowest BCUT2D eigenvalue weighted by molar-refractivity contribution is -0.128. The van der Waals surface area contributed by atoms with Crippen LogP contribution in [0.1, 0.15) is 32.3 Å². The summed E-state index contributed by atoms with van der Waals surface area (Å²) in [6.07, 6.45) is 1.53. The fourth-order valence-corrected chi connectivity index (χ4v) is 3.61. The molecule has 1 saturated heterocycles. The average molecular weight is 345 g/mol. The normalized spacial score (nSPS) is 18.8. The van der Waals surface area contributed by atoms with Crippen molar-refractivity contribution in [2.24, 2.45) is 0 Å². The van der Waals surface area contributed by atoms with Crippen LogP contribution in [0.2, 0.25) is 0 Å². The van der Waals surface area contributed by atoms with E-state index in [1.165, 1.54) is 0 Å². The first-order chi connectivity index (χ1) is 11.9. The van der Waals surface area contributed by atoms with Crippen LogP contribution in [0.25, 0.3) is 0 Å². The molecule has 1 heterocycles. The summed E-state index contributed by atoms with van der Waals surface area (Å²) in [6.45, 7) is 6.66. The number of amides is 1. The van der Waals surface area contributed by atoms with Crippen LogP contribution in [0.4, 0.5) is 0 Å². The Balaban J connectivity index is 1.97. The summed E-state index contributed by atoms with van der Waals surface area (Å²) in [5, 5.41) is 3.00. The SMILES string of the molecule is CC(=O)C1(c2ccccc2)CCN(C(C)C(=O)NCCN(C)C)CC1. The van der Waals surface area contributed by atoms with Crippen molar-refractivity contribution in [2.45, 2.75) is 38.1 Å². The second kappa shape index (κ2) is 8.59. The molecule has 25 heavy (non-hydrogen) atoms. The minimum atomic E-state index is -0.404. The number of ketones is 1. The van der Waals surface area contributed by atoms with E-state index in [9.17, 15) is 9.59 Å². The van der Waals surface area contributed by atoms with Crippen LogP contribution in [-0.2, 0) is 15.0 Å². The molecule has 0 saturated carbocycles. The fraction of sp³-hybridized carbons (Fsp3) is 0.600. The molecule has 1 aliphatic rings. The van der Waals surface area contributed by atoms with Crippen LogP contribution in [0, 0.1) is 0 Å². The minimum absolute atomic E-state index is 0.0666. The molecule has 0 spiro atoms. The van der Waals surface area contributed by atoms with E-state index in [1.807, 2.05) is 44.1 Å². The van der Waals surface area contributed by atoms with Crippen LogP contribution in [-0.4, -0.2) is 67.8 Å². The number of likely N-dealkylation sites (tertiary alicyclic amines) is 1. The number of benzene rings is 1. The second-order valence-corrected chi connectivity index (χ2v) is 7.31. The minimum Gasteiger partial charge on any atom is -0.353 e. The Kier molecular flexibility index (Phi) is 6.73. The van der Waals surface area contributed by atoms with E-state index in [0.29, 0.717) is 6.54 Å². The lowest BCUT2D eigenvalue weighted by Crippen LogP contribution is -2.53. The van der Waals surface area contributed by atoms with Gasteiger partial charge < -0.3 is 10.2 Å². The number of likely N-dealkylation sites (N-methyl/N-ethyl adjacent to an activating group) is 1. The Labute approximate surface area is 151 Å². The Morgan fingerprint density at radius 1 is 1.20 bits per heavy atom. The van der Waals surface area contributed by atoms with E-state index in [-0.39, 0.29) is 17.7 Å². The third-order valence-electron chi connectivity index (χ3n) is 5.44. The van der Waals surface area contributed by atoms with Crippen molar-refractivity contribution in [1.82, 2.24) is 15.1 Å². The van der Waals surface area contributed by atoms with Gasteiger partial charge in [-0.15, -0.1) is 0 Å². The average Bonchev–Trinajstić information content (AvgIpc) is 2.61. The maximum atomic E-state index is 12.4. The lowest BCUT2D eigenvalue weighted by Gasteiger charge is -2.42. The van der Waals surface area contributed by atoms with Gasteiger partial charge in [0.1, 0.15) is 5.78 Å². The number of hydrogen-bond donors (Lipinski definition) is 1. The van der Waals surface area contributed by atoms with Gasteiger partial charge in [-0.05, 0) is 46.3 Å². The molecule has 138 valence electrons. The topological polar surface area (TPSA) is 52.7 Å². The van der Waals surface area contributed by atoms with Gasteiger partial charge in [-0.2, -0.15) is 0 Å². The molecule has 0 bridgehead atoms. The van der Waals surface area contributed by atoms with Crippen LogP contribution in [0.15, 0.2) is 30.3 Å². The molecule has 1 aliphatic heterocycles. The second-order valence-electron chi connectivity index (χ2n) is 7.31. The zero-order valence-electron chi connectivity index (χ0n) is 15.9. The Morgan fingerprint density at radius 2 is 1.80 bits per heavy atom. The smallest absolute Gasteiger partial charge is 0.237 e. The number of carbonyl (C=O) groups excluding carboxylic acids is 2. The van der Waals surface area contributed by atoms with Crippen molar-refractivity contribution in [3.05, 3.63) is 35.9 Å². The molecule has 0 aromatic heterocycles. The monoisotopic (exact) mass is 345 g/mol. The van der Waals surface area contributed by atoms with Gasteiger partial charge >= 0.3 is 0 Å². The molecule has 5 heteroatoms. The first-order valence-corrected chi connectivity index (χ1v) is 9.10. The van der Waals surface area contributed by atoms with Crippen LogP contribution in [0.5, 0.6) is 0 Å². The van der Waals surface area contributed by atoms with Crippen LogP contribution in [0.3, 0.4) is 0 Å². The highest BCUT2D eigenvalue weighted by atomic mass is 16.2. The van der Waals surface area contributed by atoms with Gasteiger partial charge in [-0.25, -0.2) is 0 Å². The van der Waals surface area contributed by atoms with Crippen LogP contribution < -0.4 is 5.32 Å². The molecule has 1 atom stereocenters. The van der Waals surface area contributed by atoms with Gasteiger partial charge in [0.05, 0.1) is 11.5 Å². The molecular formula is C20H31N3O2. The summed E-state index contributed by atoms with van der Waals surface area (Å²) >= 11 is 0. The van der Waals surface area contributed by atoms with Crippen molar-refractivity contribution in [1.29, 1.82) is 0 Å². The summed E-state index contributed by atoms with van der Waals surface area (Å²) in [5.74, 6) is 0.290. The Morgan fingerprint density at radius 3 is 2.32 bits per heavy atom. The molecule has 2 rings (SSSR count). The number of hydrogen-bond acceptors (Lipinski definition) is 4. The molecule has 0 radical (unpaired) electrons. The van der Waals surface area contributed by atoms with Gasteiger partial charge in [-0.3, -0.25) is 14.5 Å². The highest BCUT2D eigenvalue weighted by Crippen LogP contribution is 2.36. The number of rotatable bonds is 7. The van der Waals surface area contributed by atoms with Gasteiger partial charge in [-0.1, -0.05) is 30.3 Å². The molecule has 1 aromatic rings. The predicted molar refractivity (Wildman–Crippen MR) is 101 cm³/mol. The largest absolute Gasteiger partial charge is 0.353 e. The standard InChI is InChI=1S/C20H31N3O2/c1-16(19(25)21-12-15-22(3)4)23-13-10-20(11-14-23,17(2)24)18-8-6-5-7-9-18/h5-9,16H,10-15H2,1-4H3,(H,21,25). The van der Waals surface area contributed by atoms with E-state index in [4.69, 9.17) is 0 Å². The number of carbonyl (C=O) groups is 2. The number of piperidine rings is 1. The molecule has 1 N–H and O–H groups in total. The Hall–Kier alpha value is -1.72. The number of nitrogens with zero attached hydrogens (tertiary/aromatic N) is 2. The van der Waals surface area contributed by atoms with Gasteiger partial charge in [0.25, 0.3) is 0 Å². The zero-order valence-corrected chi connectivity index (χ0v) is 15.9. The van der Waals surface area contributed by atoms with E-state index >= 15 is 0 Å². The van der Waals surface area contributed by atoms with Crippen molar-refractivity contribution in [2.75, 3.05) is 40.3 Å². The highest BCUT2D eigenvalue weighted by Gasteiger charge is 2.41. The summed E-state index contributed by atoms with van der Waals surface area (Å²) < 4.78 is 0. The number of nitrogens with one attached hydrogen (secondary N) is 1. The summed E-state index contributed by atoms with van der Waals surface area (Å²) in [7, 11) is 3.98. The van der Waals surface area contributed by atoms with E-state index in [1.54, 1.807) is 6.92 Å². The maximum absolute atomic E-state index is 12.4. The molecule has 1 amide bonds. The lowest BCUT2D eigenvalue weighted by atomic mass is 9.70. The summed E-state index contributed by atoms with van der Waals surface area (Å²) in [4.78, 5) is 29.0. The summed E-state index contributed by atoms with van der Waals surface area (Å²) in [5.41, 5.74) is 0.698. The predicted octanol–water partition coefficient (Wildman–Crippen LogP) is 1.68. The van der Waals surface area contributed by atoms with Gasteiger partial charge in [0.15, 0.2) is 0 Å². The first kappa shape index (κ1) is 19.6. The van der Waals surface area contributed by atoms with Crippen LogP contribution >= 0.6 is 0 Å². The van der Waals surface area contributed by atoms with Crippen molar-refractivity contribution >= 4 is 11.7 Å². The zero-order chi connectivity index (χ0) is 18.4. The van der Waals surface area contributed by atoms with Crippen molar-refractivity contribution < 1.29 is 9.59 Å². The van der Waals surface area contributed by atoms with Gasteiger partial charge in [0, 0.05) is 26.2 Å².